The van der Waals surface area contributed by atoms with Gasteiger partial charge in [0.15, 0.2) is 0 Å². The molecule has 116 valence electrons. The summed E-state index contributed by atoms with van der Waals surface area (Å²) in [5, 5.41) is 12.5. The second-order valence-corrected chi connectivity index (χ2v) is 5.16. The molecule has 7 nitrogen and oxygen atoms in total. The zero-order valence-corrected chi connectivity index (χ0v) is 11.9. The van der Waals surface area contributed by atoms with Crippen LogP contribution in [-0.2, 0) is 4.74 Å². The van der Waals surface area contributed by atoms with Crippen molar-refractivity contribution in [3.8, 4) is 5.69 Å². The number of aliphatic hydroxyl groups is 1. The molecule has 0 spiro atoms. The van der Waals surface area contributed by atoms with Gasteiger partial charge in [0.05, 0.1) is 25.0 Å². The molecule has 1 aromatic carbocycles. The number of aromatic amines is 1. The van der Waals surface area contributed by atoms with E-state index >= 15 is 0 Å². The molecule has 0 bridgehead atoms. The van der Waals surface area contributed by atoms with Crippen molar-refractivity contribution in [3.05, 3.63) is 52.4 Å². The topological polar surface area (TPSA) is 87.6 Å². The summed E-state index contributed by atoms with van der Waals surface area (Å²) in [7, 11) is 0. The van der Waals surface area contributed by atoms with E-state index in [1.807, 2.05) is 18.2 Å². The molecule has 1 amide bonds. The molecule has 0 saturated carbocycles. The number of carbonyl (C=O) groups is 1. The molecule has 2 heterocycles. The number of carbonyl (C=O) groups excluding carboxylic acids is 1. The number of amides is 1. The van der Waals surface area contributed by atoms with Gasteiger partial charge in [-0.3, -0.25) is 14.7 Å². The van der Waals surface area contributed by atoms with Crippen LogP contribution in [0.2, 0.25) is 0 Å². The molecule has 1 fully saturated rings. The first-order chi connectivity index (χ1) is 10.6. The number of rotatable bonds is 2. The highest BCUT2D eigenvalue weighted by atomic mass is 16.5. The first-order valence-electron chi connectivity index (χ1n) is 7.08. The SMILES string of the molecule is O=C(c1cc(=O)n(-c2ccccc2)[nH]1)N1CCOC[C@@H](O)C1. The molecule has 0 unspecified atom stereocenters. The van der Waals surface area contributed by atoms with Gasteiger partial charge in [-0.1, -0.05) is 18.2 Å². The Morgan fingerprint density at radius 1 is 1.32 bits per heavy atom. The fourth-order valence-electron chi connectivity index (χ4n) is 2.42. The number of benzene rings is 1. The average Bonchev–Trinajstić information content (AvgIpc) is 2.78. The predicted octanol–water partition coefficient (Wildman–Crippen LogP) is -0.00110. The third kappa shape index (κ3) is 2.95. The van der Waals surface area contributed by atoms with E-state index in [1.165, 1.54) is 15.6 Å². The Labute approximate surface area is 126 Å². The number of hydrogen-bond acceptors (Lipinski definition) is 4. The molecular weight excluding hydrogens is 286 g/mol. The van der Waals surface area contributed by atoms with E-state index in [-0.39, 0.29) is 30.3 Å². The van der Waals surface area contributed by atoms with Crippen LogP contribution in [0.4, 0.5) is 0 Å². The number of nitrogens with one attached hydrogen (secondary N) is 1. The number of β-amino-alcohol motifs (C(OH)–C–C–N with tert-alkyl or cyclic N) is 1. The summed E-state index contributed by atoms with van der Waals surface area (Å²) in [6, 6.07) is 10.3. The zero-order chi connectivity index (χ0) is 15.5. The highest BCUT2D eigenvalue weighted by Gasteiger charge is 2.23. The van der Waals surface area contributed by atoms with Gasteiger partial charge in [0.25, 0.3) is 11.5 Å². The maximum atomic E-state index is 12.5. The number of H-pyrrole nitrogens is 1. The lowest BCUT2D eigenvalue weighted by Gasteiger charge is -2.20. The highest BCUT2D eigenvalue weighted by Crippen LogP contribution is 2.08. The molecule has 22 heavy (non-hydrogen) atoms. The lowest BCUT2D eigenvalue weighted by Crippen LogP contribution is -2.38. The maximum Gasteiger partial charge on any atom is 0.272 e. The smallest absolute Gasteiger partial charge is 0.272 e. The molecular formula is C15H17N3O4. The lowest BCUT2D eigenvalue weighted by atomic mass is 10.3. The van der Waals surface area contributed by atoms with Crippen LogP contribution < -0.4 is 5.56 Å². The number of nitrogens with zero attached hydrogens (tertiary/aromatic N) is 2. The summed E-state index contributed by atoms with van der Waals surface area (Å²) in [6.07, 6.45) is -0.714. The second kappa shape index (κ2) is 6.17. The summed E-state index contributed by atoms with van der Waals surface area (Å²) in [6.45, 7) is 1.16. The van der Waals surface area contributed by atoms with E-state index < -0.39 is 6.10 Å². The minimum Gasteiger partial charge on any atom is -0.389 e. The van der Waals surface area contributed by atoms with Crippen molar-refractivity contribution in [2.75, 3.05) is 26.3 Å². The Kier molecular flexibility index (Phi) is 4.08. The van der Waals surface area contributed by atoms with E-state index in [0.717, 1.165) is 0 Å². The van der Waals surface area contributed by atoms with E-state index in [9.17, 15) is 14.7 Å². The Morgan fingerprint density at radius 2 is 2.09 bits per heavy atom. The Bertz CT molecular complexity index is 707. The monoisotopic (exact) mass is 303 g/mol. The minimum atomic E-state index is -0.714. The van der Waals surface area contributed by atoms with Crippen molar-refractivity contribution in [3.63, 3.8) is 0 Å². The van der Waals surface area contributed by atoms with Gasteiger partial charge in [0.2, 0.25) is 0 Å². The standard InChI is InChI=1S/C15H17N3O4/c19-12-9-17(6-7-22-10-12)15(21)13-8-14(20)18(16-13)11-4-2-1-3-5-11/h1-5,8,12,16,19H,6-7,9-10H2/t12-/m0/s1. The van der Waals surface area contributed by atoms with Crippen molar-refractivity contribution >= 4 is 5.91 Å². The molecule has 7 heteroatoms. The van der Waals surface area contributed by atoms with E-state index in [4.69, 9.17) is 4.74 Å². The number of ether oxygens (including phenoxy) is 1. The van der Waals surface area contributed by atoms with Crippen LogP contribution in [-0.4, -0.2) is 58.1 Å². The Hall–Kier alpha value is -2.38. The maximum absolute atomic E-state index is 12.5. The van der Waals surface area contributed by atoms with Crippen molar-refractivity contribution in [2.45, 2.75) is 6.10 Å². The van der Waals surface area contributed by atoms with Crippen LogP contribution in [0.5, 0.6) is 0 Å². The van der Waals surface area contributed by atoms with Gasteiger partial charge >= 0.3 is 0 Å². The lowest BCUT2D eigenvalue weighted by molar-refractivity contribution is 0.0532. The van der Waals surface area contributed by atoms with E-state index in [1.54, 1.807) is 12.1 Å². The molecule has 1 aliphatic heterocycles. The van der Waals surface area contributed by atoms with Crippen LogP contribution in [0.1, 0.15) is 10.5 Å². The van der Waals surface area contributed by atoms with Gasteiger partial charge in [-0.2, -0.15) is 0 Å². The molecule has 1 aromatic heterocycles. The van der Waals surface area contributed by atoms with Crippen LogP contribution >= 0.6 is 0 Å². The summed E-state index contributed by atoms with van der Waals surface area (Å²) in [5.74, 6) is -0.323. The number of aromatic nitrogens is 2. The first-order valence-corrected chi connectivity index (χ1v) is 7.08. The Balaban J connectivity index is 1.86. The van der Waals surface area contributed by atoms with Crippen LogP contribution in [0.3, 0.4) is 0 Å². The third-order valence-electron chi connectivity index (χ3n) is 3.50. The van der Waals surface area contributed by atoms with Crippen molar-refractivity contribution in [1.82, 2.24) is 14.7 Å². The van der Waals surface area contributed by atoms with Crippen LogP contribution in [0.25, 0.3) is 5.69 Å². The van der Waals surface area contributed by atoms with Gasteiger partial charge in [-0.15, -0.1) is 0 Å². The first kappa shape index (κ1) is 14.6. The van der Waals surface area contributed by atoms with Gasteiger partial charge in [0, 0.05) is 19.2 Å². The van der Waals surface area contributed by atoms with E-state index in [2.05, 4.69) is 5.10 Å². The molecule has 0 aliphatic carbocycles. The van der Waals surface area contributed by atoms with Gasteiger partial charge in [-0.25, -0.2) is 4.68 Å². The van der Waals surface area contributed by atoms with Gasteiger partial charge < -0.3 is 14.7 Å². The molecule has 0 radical (unpaired) electrons. The molecule has 2 N–H and O–H groups in total. The molecule has 1 saturated heterocycles. The largest absolute Gasteiger partial charge is 0.389 e. The summed E-state index contributed by atoms with van der Waals surface area (Å²) < 4.78 is 6.52. The van der Waals surface area contributed by atoms with Crippen LogP contribution in [0.15, 0.2) is 41.2 Å². The molecule has 3 rings (SSSR count). The fraction of sp³-hybridized carbons (Fsp3) is 0.333. The highest BCUT2D eigenvalue weighted by molar-refractivity contribution is 5.92. The van der Waals surface area contributed by atoms with Crippen LogP contribution in [0, 0.1) is 0 Å². The quantitative estimate of drug-likeness (QED) is 0.817. The third-order valence-corrected chi connectivity index (χ3v) is 3.50. The number of aliphatic hydroxyl groups excluding tert-OH is 1. The molecule has 1 aliphatic rings. The minimum absolute atomic E-state index is 0.192. The summed E-state index contributed by atoms with van der Waals surface area (Å²) >= 11 is 0. The van der Waals surface area contributed by atoms with Crippen molar-refractivity contribution in [2.24, 2.45) is 0 Å². The van der Waals surface area contributed by atoms with Gasteiger partial charge in [0.1, 0.15) is 5.69 Å². The number of para-hydroxylation sites is 1. The Morgan fingerprint density at radius 3 is 2.86 bits per heavy atom. The zero-order valence-electron chi connectivity index (χ0n) is 11.9. The molecule has 1 atom stereocenters. The van der Waals surface area contributed by atoms with Crippen molar-refractivity contribution in [1.29, 1.82) is 0 Å². The van der Waals surface area contributed by atoms with E-state index in [0.29, 0.717) is 18.8 Å². The van der Waals surface area contributed by atoms with Gasteiger partial charge in [-0.05, 0) is 12.1 Å². The average molecular weight is 303 g/mol. The second-order valence-electron chi connectivity index (χ2n) is 5.16. The van der Waals surface area contributed by atoms with Crippen molar-refractivity contribution < 1.29 is 14.6 Å². The normalized spacial score (nSPS) is 19.0. The predicted molar refractivity (Wildman–Crippen MR) is 79.1 cm³/mol. The fourth-order valence-corrected chi connectivity index (χ4v) is 2.42. The summed E-state index contributed by atoms with van der Waals surface area (Å²) in [4.78, 5) is 26.0. The summed E-state index contributed by atoms with van der Waals surface area (Å²) in [5.41, 5.74) is 0.551. The number of hydrogen-bond donors (Lipinski definition) is 2. The molecule has 2 aromatic rings.